The zero-order valence-corrected chi connectivity index (χ0v) is 14.3. The van der Waals surface area contributed by atoms with Gasteiger partial charge in [0, 0.05) is 11.1 Å². The molecule has 2 aromatic carbocycles. The minimum absolute atomic E-state index is 0.0816. The molecule has 0 fully saturated rings. The normalized spacial score (nSPS) is 12.6. The number of fused-ring (bicyclic) bond motifs is 3. The van der Waals surface area contributed by atoms with Crippen LogP contribution in [0.25, 0.3) is 32.8 Å². The highest BCUT2D eigenvalue weighted by Crippen LogP contribution is 2.45. The molecule has 1 heterocycles. The molecule has 1 aliphatic rings. The summed E-state index contributed by atoms with van der Waals surface area (Å²) >= 11 is 0. The van der Waals surface area contributed by atoms with Crippen LogP contribution in [-0.4, -0.2) is 9.97 Å². The average Bonchev–Trinajstić information content (AvgIpc) is 3.07. The predicted octanol–water partition coefficient (Wildman–Crippen LogP) is 4.07. The molecule has 3 aromatic rings. The van der Waals surface area contributed by atoms with Crippen molar-refractivity contribution in [1.29, 1.82) is 15.8 Å². The van der Waals surface area contributed by atoms with Crippen LogP contribution in [0.1, 0.15) is 22.6 Å². The van der Waals surface area contributed by atoms with E-state index in [2.05, 4.69) is 14.8 Å². The monoisotopic (exact) mass is 356 g/mol. The Morgan fingerprint density at radius 1 is 0.821 bits per heavy atom. The first kappa shape index (κ1) is 16.7. The number of hydrogen-bond acceptors (Lipinski definition) is 5. The van der Waals surface area contributed by atoms with Crippen LogP contribution in [-0.2, 0) is 0 Å². The Balaban J connectivity index is 2.07. The molecule has 0 spiro atoms. The van der Waals surface area contributed by atoms with Gasteiger partial charge in [0.25, 0.3) is 5.70 Å². The Bertz CT molecular complexity index is 1320. The molecule has 1 aliphatic carbocycles. The molecule has 0 radical (unpaired) electrons. The SMILES string of the molecule is [C-]#[N+]/C(C#N)=C1\c2cc(-c3ccccc3)ccc2-c2nc(C#N)c(C#N)nc21. The van der Waals surface area contributed by atoms with E-state index in [0.717, 1.165) is 11.1 Å². The maximum absolute atomic E-state index is 9.46. The van der Waals surface area contributed by atoms with Crippen LogP contribution >= 0.6 is 0 Å². The fourth-order valence-corrected chi connectivity index (χ4v) is 3.23. The van der Waals surface area contributed by atoms with E-state index in [1.54, 1.807) is 0 Å². The van der Waals surface area contributed by atoms with Crippen LogP contribution in [0.5, 0.6) is 0 Å². The highest BCUT2D eigenvalue weighted by atomic mass is 14.9. The first-order valence-electron chi connectivity index (χ1n) is 8.16. The van der Waals surface area contributed by atoms with E-state index in [-0.39, 0.29) is 22.8 Å². The molecule has 0 N–H and O–H groups in total. The van der Waals surface area contributed by atoms with E-state index in [1.807, 2.05) is 66.7 Å². The van der Waals surface area contributed by atoms with Gasteiger partial charge in [-0.25, -0.2) is 20.1 Å². The van der Waals surface area contributed by atoms with E-state index in [4.69, 9.17) is 6.57 Å². The van der Waals surface area contributed by atoms with E-state index in [0.29, 0.717) is 22.4 Å². The molecule has 0 aliphatic heterocycles. The van der Waals surface area contributed by atoms with Crippen molar-refractivity contribution in [1.82, 2.24) is 9.97 Å². The number of allylic oxidation sites excluding steroid dienone is 1. The molecule has 6 heteroatoms. The van der Waals surface area contributed by atoms with Gasteiger partial charge in [0.15, 0.2) is 11.4 Å². The van der Waals surface area contributed by atoms with Gasteiger partial charge in [-0.2, -0.15) is 10.5 Å². The largest absolute Gasteiger partial charge is 0.271 e. The van der Waals surface area contributed by atoms with Crippen LogP contribution in [0.2, 0.25) is 0 Å². The van der Waals surface area contributed by atoms with E-state index >= 15 is 0 Å². The molecule has 126 valence electrons. The second-order valence-corrected chi connectivity index (χ2v) is 5.92. The summed E-state index contributed by atoms with van der Waals surface area (Å²) in [5.74, 6) is 0. The van der Waals surface area contributed by atoms with E-state index in [9.17, 15) is 15.8 Å². The third-order valence-electron chi connectivity index (χ3n) is 4.45. The van der Waals surface area contributed by atoms with Crippen molar-refractivity contribution >= 4 is 5.57 Å². The summed E-state index contributed by atoms with van der Waals surface area (Å²) in [5.41, 5.74) is 3.89. The van der Waals surface area contributed by atoms with Gasteiger partial charge in [-0.1, -0.05) is 42.5 Å². The summed E-state index contributed by atoms with van der Waals surface area (Å²) in [6, 6.07) is 21.0. The lowest BCUT2D eigenvalue weighted by atomic mass is 9.97. The molecular formula is C22H8N6. The number of rotatable bonds is 1. The Hall–Kier alpha value is -4.78. The fourth-order valence-electron chi connectivity index (χ4n) is 3.23. The predicted molar refractivity (Wildman–Crippen MR) is 101 cm³/mol. The van der Waals surface area contributed by atoms with Crippen molar-refractivity contribution in [3.63, 3.8) is 0 Å². The molecule has 0 saturated carbocycles. The molecule has 0 atom stereocenters. The number of nitrogens with zero attached hydrogens (tertiary/aromatic N) is 6. The second kappa shape index (κ2) is 6.50. The maximum Gasteiger partial charge on any atom is 0.271 e. The molecule has 0 amide bonds. The second-order valence-electron chi connectivity index (χ2n) is 5.92. The topological polar surface area (TPSA) is 102 Å². The van der Waals surface area contributed by atoms with Crippen molar-refractivity contribution in [3.05, 3.63) is 88.3 Å². The van der Waals surface area contributed by atoms with Gasteiger partial charge in [0.1, 0.15) is 12.1 Å². The minimum Gasteiger partial charge on any atom is -0.233 e. The summed E-state index contributed by atoms with van der Waals surface area (Å²) in [6.45, 7) is 7.38. The number of aromatic nitrogens is 2. The quantitative estimate of drug-likeness (QED) is 0.378. The van der Waals surface area contributed by atoms with Crippen molar-refractivity contribution in [2.75, 3.05) is 0 Å². The Morgan fingerprint density at radius 2 is 1.50 bits per heavy atom. The van der Waals surface area contributed by atoms with Crippen molar-refractivity contribution in [3.8, 4) is 40.6 Å². The summed E-state index contributed by atoms with van der Waals surface area (Å²) in [4.78, 5) is 11.9. The van der Waals surface area contributed by atoms with Crippen LogP contribution in [0.3, 0.4) is 0 Å². The molecule has 0 unspecified atom stereocenters. The smallest absolute Gasteiger partial charge is 0.233 e. The molecular weight excluding hydrogens is 348 g/mol. The Labute approximate surface area is 160 Å². The molecule has 0 saturated heterocycles. The lowest BCUT2D eigenvalue weighted by Crippen LogP contribution is -2.00. The fraction of sp³-hybridized carbons (Fsp3) is 0. The highest BCUT2D eigenvalue weighted by Gasteiger charge is 2.31. The summed E-state index contributed by atoms with van der Waals surface area (Å²) < 4.78 is 0. The third-order valence-corrected chi connectivity index (χ3v) is 4.45. The standard InChI is InChI=1S/C22H8N6/c1-26-19(12-25)20-16-9-14(13-5-3-2-4-6-13)7-8-15(16)21-22(20)28-18(11-24)17(10-23)27-21/h2-9H/b20-19+. The summed E-state index contributed by atoms with van der Waals surface area (Å²) in [7, 11) is 0. The van der Waals surface area contributed by atoms with Crippen LogP contribution in [0.4, 0.5) is 0 Å². The number of nitriles is 3. The maximum atomic E-state index is 9.46. The Kier molecular flexibility index (Phi) is 3.87. The van der Waals surface area contributed by atoms with E-state index in [1.165, 1.54) is 0 Å². The molecule has 6 nitrogen and oxygen atoms in total. The first-order chi connectivity index (χ1) is 13.7. The summed E-state index contributed by atoms with van der Waals surface area (Å²) in [5, 5.41) is 28.0. The molecule has 1 aromatic heterocycles. The first-order valence-corrected chi connectivity index (χ1v) is 8.16. The van der Waals surface area contributed by atoms with Crippen LogP contribution in [0.15, 0.2) is 54.2 Å². The minimum atomic E-state index is -0.131. The average molecular weight is 356 g/mol. The zero-order chi connectivity index (χ0) is 19.7. The van der Waals surface area contributed by atoms with Crippen molar-refractivity contribution in [2.24, 2.45) is 0 Å². The highest BCUT2D eigenvalue weighted by molar-refractivity contribution is 6.02. The molecule has 28 heavy (non-hydrogen) atoms. The van der Waals surface area contributed by atoms with Gasteiger partial charge < -0.3 is 0 Å². The molecule has 0 bridgehead atoms. The van der Waals surface area contributed by atoms with Gasteiger partial charge in [-0.3, -0.25) is 0 Å². The van der Waals surface area contributed by atoms with Gasteiger partial charge >= 0.3 is 0 Å². The van der Waals surface area contributed by atoms with Gasteiger partial charge in [0.2, 0.25) is 0 Å². The van der Waals surface area contributed by atoms with Crippen LogP contribution in [0, 0.1) is 40.6 Å². The number of hydrogen-bond donors (Lipinski definition) is 0. The summed E-state index contributed by atoms with van der Waals surface area (Å²) in [6.07, 6.45) is 0. The van der Waals surface area contributed by atoms with Gasteiger partial charge in [-0.05, 0) is 22.8 Å². The van der Waals surface area contributed by atoms with Crippen molar-refractivity contribution < 1.29 is 0 Å². The van der Waals surface area contributed by atoms with E-state index < -0.39 is 0 Å². The number of benzene rings is 2. The van der Waals surface area contributed by atoms with Crippen molar-refractivity contribution in [2.45, 2.75) is 0 Å². The zero-order valence-electron chi connectivity index (χ0n) is 14.3. The molecule has 4 rings (SSSR count). The lowest BCUT2D eigenvalue weighted by molar-refractivity contribution is 1.12. The third kappa shape index (κ3) is 2.39. The Morgan fingerprint density at radius 3 is 2.11 bits per heavy atom. The van der Waals surface area contributed by atoms with Gasteiger partial charge in [-0.15, -0.1) is 0 Å². The van der Waals surface area contributed by atoms with Gasteiger partial charge in [0.05, 0.1) is 24.0 Å². The lowest BCUT2D eigenvalue weighted by Gasteiger charge is -2.06. The van der Waals surface area contributed by atoms with Crippen LogP contribution < -0.4 is 0 Å².